The van der Waals surface area contributed by atoms with E-state index in [0.29, 0.717) is 0 Å². The topological polar surface area (TPSA) is 81.0 Å². The third-order valence-electron chi connectivity index (χ3n) is 5.72. The number of aliphatic carboxylic acids is 1. The zero-order chi connectivity index (χ0) is 20.1. The van der Waals surface area contributed by atoms with Gasteiger partial charge in [-0.15, -0.1) is 0 Å². The van der Waals surface area contributed by atoms with Crippen molar-refractivity contribution in [2.75, 3.05) is 52.4 Å². The Hall–Kier alpha value is -2.45. The lowest BCUT2D eigenvalue weighted by atomic mass is 10.0. The number of carboxylic acids is 1. The quantitative estimate of drug-likeness (QED) is 0.697. The third-order valence-corrected chi connectivity index (χ3v) is 5.72. The zero-order valence-corrected chi connectivity index (χ0v) is 16.7. The Morgan fingerprint density at radius 1 is 1.10 bits per heavy atom. The molecular formula is C21H29N5O3. The Bertz CT molecular complexity index is 750. The van der Waals surface area contributed by atoms with Crippen molar-refractivity contribution in [3.63, 3.8) is 0 Å². The Morgan fingerprint density at radius 3 is 2.48 bits per heavy atom. The molecule has 0 aliphatic carbocycles. The van der Waals surface area contributed by atoms with Crippen LogP contribution in [0.25, 0.3) is 0 Å². The fourth-order valence-corrected chi connectivity index (χ4v) is 4.03. The number of carboxylic acid groups (broad SMARTS) is 1. The maximum Gasteiger partial charge on any atom is 0.317 e. The van der Waals surface area contributed by atoms with Gasteiger partial charge in [0.25, 0.3) is 0 Å². The Morgan fingerprint density at radius 2 is 1.79 bits per heavy atom. The van der Waals surface area contributed by atoms with Gasteiger partial charge in [0.1, 0.15) is 6.10 Å². The van der Waals surface area contributed by atoms with Gasteiger partial charge >= 0.3 is 5.97 Å². The molecule has 8 heteroatoms. The minimum atomic E-state index is -0.760. The number of hydrogen-bond donors (Lipinski definition) is 1. The molecule has 0 spiro atoms. The second-order valence-electron chi connectivity index (χ2n) is 7.97. The summed E-state index contributed by atoms with van der Waals surface area (Å²) < 4.78 is 0. The summed E-state index contributed by atoms with van der Waals surface area (Å²) in [5.41, 5.74) is 3.18. The molecule has 29 heavy (non-hydrogen) atoms. The van der Waals surface area contributed by atoms with Crippen LogP contribution < -0.4 is 0 Å². The highest BCUT2D eigenvalue weighted by atomic mass is 16.6. The molecule has 2 saturated heterocycles. The van der Waals surface area contributed by atoms with Crippen LogP contribution in [0.3, 0.4) is 0 Å². The molecule has 0 radical (unpaired) electrons. The van der Waals surface area contributed by atoms with E-state index in [1.165, 1.54) is 12.8 Å². The van der Waals surface area contributed by atoms with Crippen molar-refractivity contribution in [2.45, 2.75) is 25.4 Å². The maximum absolute atomic E-state index is 10.8. The standard InChI is InChI=1S/C21H29N5O3/c27-21(28)16-25-11-9-24(10-12-25)15-19-13-20(23-29-19)18-5-3-17(4-6-18)14-22-26-7-1-2-8-26/h3-6,14,19H,1-2,7-13,15-16H2,(H,27,28)/b22-14+. The maximum atomic E-state index is 10.8. The van der Waals surface area contributed by atoms with Gasteiger partial charge in [0, 0.05) is 52.2 Å². The predicted molar refractivity (Wildman–Crippen MR) is 111 cm³/mol. The molecule has 1 N–H and O–H groups in total. The number of piperazine rings is 1. The lowest BCUT2D eigenvalue weighted by Crippen LogP contribution is -2.49. The van der Waals surface area contributed by atoms with Crippen molar-refractivity contribution >= 4 is 17.9 Å². The molecule has 3 aliphatic heterocycles. The van der Waals surface area contributed by atoms with Crippen molar-refractivity contribution in [3.05, 3.63) is 35.4 Å². The van der Waals surface area contributed by atoms with Gasteiger partial charge in [0.15, 0.2) is 0 Å². The molecule has 1 aromatic carbocycles. The highest BCUT2D eigenvalue weighted by Gasteiger charge is 2.26. The summed E-state index contributed by atoms with van der Waals surface area (Å²) in [6.07, 6.45) is 5.25. The number of carbonyl (C=O) groups is 1. The number of nitrogens with zero attached hydrogens (tertiary/aromatic N) is 5. The van der Waals surface area contributed by atoms with Gasteiger partial charge < -0.3 is 9.94 Å². The van der Waals surface area contributed by atoms with Crippen LogP contribution in [0.15, 0.2) is 34.5 Å². The van der Waals surface area contributed by atoms with Gasteiger partial charge in [-0.25, -0.2) is 0 Å². The lowest BCUT2D eigenvalue weighted by Gasteiger charge is -2.34. The zero-order valence-electron chi connectivity index (χ0n) is 16.7. The van der Waals surface area contributed by atoms with Crippen LogP contribution in [0, 0.1) is 0 Å². The van der Waals surface area contributed by atoms with Gasteiger partial charge in [-0.3, -0.25) is 19.6 Å². The molecule has 0 amide bonds. The normalized spacial score (nSPS) is 23.5. The molecule has 0 saturated carbocycles. The first-order valence-electron chi connectivity index (χ1n) is 10.4. The molecule has 8 nitrogen and oxygen atoms in total. The minimum Gasteiger partial charge on any atom is -0.480 e. The molecular weight excluding hydrogens is 370 g/mol. The summed E-state index contributed by atoms with van der Waals surface area (Å²) in [6.45, 7) is 6.37. The van der Waals surface area contributed by atoms with Gasteiger partial charge in [-0.05, 0) is 24.0 Å². The molecule has 0 aromatic heterocycles. The average Bonchev–Trinajstić information content (AvgIpc) is 3.40. The lowest BCUT2D eigenvalue weighted by molar-refractivity contribution is -0.138. The van der Waals surface area contributed by atoms with Crippen LogP contribution in [-0.2, 0) is 9.63 Å². The summed E-state index contributed by atoms with van der Waals surface area (Å²) in [5, 5.41) is 19.9. The average molecular weight is 399 g/mol. The molecule has 3 aliphatic rings. The van der Waals surface area contributed by atoms with E-state index in [2.05, 4.69) is 44.4 Å². The van der Waals surface area contributed by atoms with Gasteiger partial charge in [0.2, 0.25) is 0 Å². The van der Waals surface area contributed by atoms with Crippen LogP contribution in [0.1, 0.15) is 30.4 Å². The largest absolute Gasteiger partial charge is 0.480 e. The van der Waals surface area contributed by atoms with Crippen molar-refractivity contribution in [1.82, 2.24) is 14.8 Å². The van der Waals surface area contributed by atoms with Crippen LogP contribution in [0.4, 0.5) is 0 Å². The van der Waals surface area contributed by atoms with Crippen LogP contribution in [-0.4, -0.2) is 96.3 Å². The van der Waals surface area contributed by atoms with E-state index in [-0.39, 0.29) is 12.6 Å². The molecule has 1 atom stereocenters. The second-order valence-corrected chi connectivity index (χ2v) is 7.97. The Kier molecular flexibility index (Phi) is 6.41. The summed E-state index contributed by atoms with van der Waals surface area (Å²) in [4.78, 5) is 20.8. The molecule has 156 valence electrons. The van der Waals surface area contributed by atoms with Crippen molar-refractivity contribution in [3.8, 4) is 0 Å². The first kappa shape index (κ1) is 19.8. The smallest absolute Gasteiger partial charge is 0.317 e. The van der Waals surface area contributed by atoms with Gasteiger partial charge in [-0.2, -0.15) is 5.10 Å². The number of benzene rings is 1. The summed E-state index contributed by atoms with van der Waals surface area (Å²) in [7, 11) is 0. The van der Waals surface area contributed by atoms with E-state index >= 15 is 0 Å². The highest BCUT2D eigenvalue weighted by molar-refractivity contribution is 6.01. The van der Waals surface area contributed by atoms with Crippen molar-refractivity contribution in [1.29, 1.82) is 0 Å². The molecule has 4 rings (SSSR count). The van der Waals surface area contributed by atoms with Crippen molar-refractivity contribution in [2.24, 2.45) is 10.3 Å². The van der Waals surface area contributed by atoms with E-state index in [4.69, 9.17) is 9.94 Å². The number of hydrogen-bond acceptors (Lipinski definition) is 7. The highest BCUT2D eigenvalue weighted by Crippen LogP contribution is 2.19. The Labute approximate surface area is 171 Å². The fraction of sp³-hybridized carbons (Fsp3) is 0.571. The summed E-state index contributed by atoms with van der Waals surface area (Å²) >= 11 is 0. The second kappa shape index (κ2) is 9.37. The van der Waals surface area contributed by atoms with E-state index in [9.17, 15) is 4.79 Å². The monoisotopic (exact) mass is 399 g/mol. The molecule has 3 heterocycles. The minimum absolute atomic E-state index is 0.0624. The van der Waals surface area contributed by atoms with Crippen LogP contribution in [0.2, 0.25) is 0 Å². The van der Waals surface area contributed by atoms with Crippen LogP contribution >= 0.6 is 0 Å². The van der Waals surface area contributed by atoms with Gasteiger partial charge in [0.05, 0.1) is 18.5 Å². The van der Waals surface area contributed by atoms with Gasteiger partial charge in [-0.1, -0.05) is 29.4 Å². The molecule has 1 aromatic rings. The number of oxime groups is 1. The predicted octanol–water partition coefficient (Wildman–Crippen LogP) is 1.31. The fourth-order valence-electron chi connectivity index (χ4n) is 4.03. The number of rotatable bonds is 7. The third kappa shape index (κ3) is 5.55. The Balaban J connectivity index is 1.23. The van der Waals surface area contributed by atoms with E-state index in [1.54, 1.807) is 0 Å². The summed E-state index contributed by atoms with van der Waals surface area (Å²) in [6, 6.07) is 8.32. The van der Waals surface area contributed by atoms with E-state index in [0.717, 1.165) is 69.1 Å². The van der Waals surface area contributed by atoms with Crippen LogP contribution in [0.5, 0.6) is 0 Å². The van der Waals surface area contributed by atoms with E-state index in [1.807, 2.05) is 11.1 Å². The molecule has 0 bridgehead atoms. The number of hydrazone groups is 1. The first-order chi connectivity index (χ1) is 14.2. The van der Waals surface area contributed by atoms with Crippen molar-refractivity contribution < 1.29 is 14.7 Å². The van der Waals surface area contributed by atoms with E-state index < -0.39 is 5.97 Å². The molecule has 2 fully saturated rings. The summed E-state index contributed by atoms with van der Waals surface area (Å²) in [5.74, 6) is -0.760. The SMILES string of the molecule is O=C(O)CN1CCN(CC2CC(c3ccc(/C=N/N4CCCC4)cc3)=NO2)CC1. The molecule has 1 unspecified atom stereocenters. The first-order valence-corrected chi connectivity index (χ1v) is 10.4.